The largest absolute Gasteiger partial charge is 0.396 e. The van der Waals surface area contributed by atoms with Crippen molar-refractivity contribution in [2.24, 2.45) is 0 Å². The smallest absolute Gasteiger partial charge is 0.0468 e. The van der Waals surface area contributed by atoms with Gasteiger partial charge in [0.2, 0.25) is 0 Å². The molecule has 0 bridgehead atoms. The second-order valence-corrected chi connectivity index (χ2v) is 11.7. The molecule has 1 heteroatoms. The van der Waals surface area contributed by atoms with Crippen molar-refractivity contribution in [1.29, 1.82) is 0 Å². The first-order chi connectivity index (χ1) is 20.0. The predicted molar refractivity (Wildman–Crippen MR) is 192 cm³/mol. The van der Waals surface area contributed by atoms with Crippen molar-refractivity contribution in [1.82, 2.24) is 0 Å². The Labute approximate surface area is 260 Å². The van der Waals surface area contributed by atoms with Gasteiger partial charge < -0.3 is 5.11 Å². The van der Waals surface area contributed by atoms with Gasteiger partial charge in [-0.25, -0.2) is 0 Å². The summed E-state index contributed by atoms with van der Waals surface area (Å²) in [6.45, 7) is 19.6. The third kappa shape index (κ3) is 25.8. The van der Waals surface area contributed by atoms with Crippen molar-refractivity contribution >= 4 is 0 Å². The van der Waals surface area contributed by atoms with Crippen LogP contribution in [0, 0.1) is 0 Å². The molecule has 0 heterocycles. The molecule has 0 aromatic carbocycles. The molecule has 230 valence electrons. The Kier molecular flexibility index (Phi) is 23.6. The average Bonchev–Trinajstić information content (AvgIpc) is 2.91. The van der Waals surface area contributed by atoms with Crippen molar-refractivity contribution in [3.05, 3.63) is 142 Å². The summed E-state index contributed by atoms with van der Waals surface area (Å²) in [6, 6.07) is 0. The van der Waals surface area contributed by atoms with Crippen LogP contribution < -0.4 is 0 Å². The van der Waals surface area contributed by atoms with Gasteiger partial charge in [0.15, 0.2) is 0 Å². The summed E-state index contributed by atoms with van der Waals surface area (Å²) in [5.74, 6) is 0. The van der Waals surface area contributed by atoms with E-state index in [0.717, 1.165) is 44.9 Å². The summed E-state index contributed by atoms with van der Waals surface area (Å²) in [4.78, 5) is 0. The molecule has 0 fully saturated rings. The van der Waals surface area contributed by atoms with E-state index in [1.807, 2.05) is 0 Å². The highest BCUT2D eigenvalue weighted by molar-refractivity contribution is 5.31. The van der Waals surface area contributed by atoms with Crippen LogP contribution in [0.3, 0.4) is 0 Å². The SMILES string of the molecule is CC(C)=CCC/C(C)=C/C=C/C(C)=C/C=C/C(C)=C/C=C/C=C(C)/C=C/C=C(\C)CC/C=C(\C)CC/C=C(\C)CCO. The Morgan fingerprint density at radius 3 is 1.19 bits per heavy atom. The van der Waals surface area contributed by atoms with Crippen LogP contribution in [0.1, 0.15) is 107 Å². The molecule has 0 radical (unpaired) electrons. The second-order valence-electron chi connectivity index (χ2n) is 11.7. The zero-order valence-electron chi connectivity index (χ0n) is 28.3. The maximum absolute atomic E-state index is 8.98. The molecular formula is C41H60O. The first-order valence-electron chi connectivity index (χ1n) is 15.6. The molecule has 1 N–H and O–H groups in total. The quantitative estimate of drug-likeness (QED) is 0.121. The topological polar surface area (TPSA) is 20.2 Å². The summed E-state index contributed by atoms with van der Waals surface area (Å²) >= 11 is 0. The lowest BCUT2D eigenvalue weighted by atomic mass is 10.1. The van der Waals surface area contributed by atoms with Gasteiger partial charge in [0.25, 0.3) is 0 Å². The van der Waals surface area contributed by atoms with Crippen LogP contribution in [0.5, 0.6) is 0 Å². The Balaban J connectivity index is 4.59. The molecule has 0 aromatic rings. The van der Waals surface area contributed by atoms with Crippen LogP contribution in [0.2, 0.25) is 0 Å². The minimum atomic E-state index is 0.241. The van der Waals surface area contributed by atoms with Gasteiger partial charge in [0.05, 0.1) is 0 Å². The molecule has 0 amide bonds. The Morgan fingerprint density at radius 2 is 0.762 bits per heavy atom. The number of allylic oxidation sites excluding steroid dienone is 23. The first kappa shape index (κ1) is 38.8. The normalized spacial score (nSPS) is 15.3. The fourth-order valence-corrected chi connectivity index (χ4v) is 3.89. The molecule has 0 rings (SSSR count). The monoisotopic (exact) mass is 568 g/mol. The molecule has 1 nitrogen and oxygen atoms in total. The molecule has 0 aliphatic rings. The van der Waals surface area contributed by atoms with Gasteiger partial charge in [0.1, 0.15) is 0 Å². The van der Waals surface area contributed by atoms with E-state index >= 15 is 0 Å². The van der Waals surface area contributed by atoms with E-state index in [1.54, 1.807) is 0 Å². The number of hydrogen-bond acceptors (Lipinski definition) is 1. The summed E-state index contributed by atoms with van der Waals surface area (Å²) in [6.07, 6.45) is 42.1. The minimum absolute atomic E-state index is 0.241. The Morgan fingerprint density at radius 1 is 0.405 bits per heavy atom. The molecule has 0 aliphatic heterocycles. The summed E-state index contributed by atoms with van der Waals surface area (Å²) in [5.41, 5.74) is 10.6. The first-order valence-corrected chi connectivity index (χ1v) is 15.6. The fraction of sp³-hybridized carbons (Fsp3) is 0.415. The maximum Gasteiger partial charge on any atom is 0.0468 e. The lowest BCUT2D eigenvalue weighted by Crippen LogP contribution is -1.85. The van der Waals surface area contributed by atoms with E-state index in [0.29, 0.717) is 0 Å². The van der Waals surface area contributed by atoms with Crippen LogP contribution in [-0.2, 0) is 0 Å². The molecule has 0 unspecified atom stereocenters. The van der Waals surface area contributed by atoms with E-state index < -0.39 is 0 Å². The van der Waals surface area contributed by atoms with Crippen molar-refractivity contribution in [3.8, 4) is 0 Å². The highest BCUT2D eigenvalue weighted by atomic mass is 16.2. The molecule has 0 atom stereocenters. The van der Waals surface area contributed by atoms with Crippen LogP contribution in [0.15, 0.2) is 142 Å². The molecular weight excluding hydrogens is 508 g/mol. The Bertz CT molecular complexity index is 1140. The average molecular weight is 569 g/mol. The van der Waals surface area contributed by atoms with E-state index in [4.69, 9.17) is 5.11 Å². The van der Waals surface area contributed by atoms with Gasteiger partial charge in [0, 0.05) is 6.61 Å². The molecule has 42 heavy (non-hydrogen) atoms. The number of aliphatic hydroxyl groups excluding tert-OH is 1. The van der Waals surface area contributed by atoms with Gasteiger partial charge >= 0.3 is 0 Å². The lowest BCUT2D eigenvalue weighted by Gasteiger charge is -2.01. The third-order valence-corrected chi connectivity index (χ3v) is 6.69. The van der Waals surface area contributed by atoms with Gasteiger partial charge in [-0.1, -0.05) is 142 Å². The molecule has 0 saturated carbocycles. The minimum Gasteiger partial charge on any atom is -0.396 e. The van der Waals surface area contributed by atoms with E-state index in [1.165, 1.54) is 44.6 Å². The zero-order valence-corrected chi connectivity index (χ0v) is 28.3. The number of hydrogen-bond donors (Lipinski definition) is 1. The maximum atomic E-state index is 8.98. The molecule has 0 aliphatic carbocycles. The fourth-order valence-electron chi connectivity index (χ4n) is 3.89. The summed E-state index contributed by atoms with van der Waals surface area (Å²) in [5, 5.41) is 8.98. The van der Waals surface area contributed by atoms with Crippen molar-refractivity contribution in [3.63, 3.8) is 0 Å². The zero-order chi connectivity index (χ0) is 31.6. The molecule has 0 spiro atoms. The van der Waals surface area contributed by atoms with E-state index in [-0.39, 0.29) is 6.61 Å². The Hall–Kier alpha value is -3.16. The van der Waals surface area contributed by atoms with E-state index in [2.05, 4.69) is 160 Å². The predicted octanol–water partition coefficient (Wildman–Crippen LogP) is 12.5. The highest BCUT2D eigenvalue weighted by Gasteiger charge is 1.93. The third-order valence-electron chi connectivity index (χ3n) is 6.69. The van der Waals surface area contributed by atoms with Crippen molar-refractivity contribution in [2.45, 2.75) is 107 Å². The second kappa shape index (κ2) is 25.5. The standard InChI is InChI=1S/C41H60O/c1-34(2)18-12-21-37(5)24-15-27-38(6)25-13-22-35(3)19-10-11-20-36(4)23-14-26-39(7)28-16-29-40(8)30-17-31-41(9)32-33-42/h10-11,13-15,18-20,22-27,29,31,42H,12,16-17,21,28,30,32-33H2,1-9H3/b11-10+,22-13+,23-14+,27-15+,35-19+,36-20+,37-24+,38-25+,39-26+,40-29+,41-31+. The summed E-state index contributed by atoms with van der Waals surface area (Å²) in [7, 11) is 0. The van der Waals surface area contributed by atoms with Gasteiger partial charge in [-0.15, -0.1) is 0 Å². The van der Waals surface area contributed by atoms with Crippen LogP contribution in [-0.4, -0.2) is 11.7 Å². The number of rotatable bonds is 19. The van der Waals surface area contributed by atoms with Gasteiger partial charge in [-0.2, -0.15) is 0 Å². The van der Waals surface area contributed by atoms with E-state index in [9.17, 15) is 0 Å². The van der Waals surface area contributed by atoms with Crippen molar-refractivity contribution < 1.29 is 5.11 Å². The highest BCUT2D eigenvalue weighted by Crippen LogP contribution is 2.13. The van der Waals surface area contributed by atoms with Crippen LogP contribution >= 0.6 is 0 Å². The van der Waals surface area contributed by atoms with Crippen LogP contribution in [0.4, 0.5) is 0 Å². The van der Waals surface area contributed by atoms with Crippen LogP contribution in [0.25, 0.3) is 0 Å². The number of aliphatic hydroxyl groups is 1. The summed E-state index contributed by atoms with van der Waals surface area (Å²) < 4.78 is 0. The van der Waals surface area contributed by atoms with Gasteiger partial charge in [-0.05, 0) is 107 Å². The molecule has 0 aromatic heterocycles. The molecule has 0 saturated heterocycles. The van der Waals surface area contributed by atoms with Crippen molar-refractivity contribution in [2.75, 3.05) is 6.61 Å². The lowest BCUT2D eigenvalue weighted by molar-refractivity contribution is 0.299. The van der Waals surface area contributed by atoms with Gasteiger partial charge in [-0.3, -0.25) is 0 Å².